The summed E-state index contributed by atoms with van der Waals surface area (Å²) < 4.78 is 1.38. The van der Waals surface area contributed by atoms with Gasteiger partial charge in [-0.3, -0.25) is 14.4 Å². The SMILES string of the molecule is CC(C)CNC(=O)c1ccccc1NC(=O)c1ccn(C)c(=O)c1. The maximum atomic E-state index is 12.3. The summed E-state index contributed by atoms with van der Waals surface area (Å²) in [6.45, 7) is 4.56. The lowest BCUT2D eigenvalue weighted by molar-refractivity contribution is 0.0950. The minimum absolute atomic E-state index is 0.246. The Labute approximate surface area is 140 Å². The molecule has 0 bridgehead atoms. The molecule has 0 spiro atoms. The van der Waals surface area contributed by atoms with Crippen molar-refractivity contribution >= 4 is 17.5 Å². The number of hydrogen-bond acceptors (Lipinski definition) is 3. The largest absolute Gasteiger partial charge is 0.352 e. The van der Waals surface area contributed by atoms with E-state index < -0.39 is 5.91 Å². The summed E-state index contributed by atoms with van der Waals surface area (Å²) in [5.74, 6) is -0.350. The molecule has 0 radical (unpaired) electrons. The van der Waals surface area contributed by atoms with Crippen LogP contribution in [0.15, 0.2) is 47.4 Å². The van der Waals surface area contributed by atoms with Gasteiger partial charge in [-0.15, -0.1) is 0 Å². The van der Waals surface area contributed by atoms with Crippen LogP contribution in [0.5, 0.6) is 0 Å². The highest BCUT2D eigenvalue weighted by atomic mass is 16.2. The van der Waals surface area contributed by atoms with Crippen LogP contribution < -0.4 is 16.2 Å². The van der Waals surface area contributed by atoms with Gasteiger partial charge in [0.05, 0.1) is 11.3 Å². The fourth-order valence-electron chi connectivity index (χ4n) is 2.07. The lowest BCUT2D eigenvalue weighted by Gasteiger charge is -2.12. The Balaban J connectivity index is 2.20. The lowest BCUT2D eigenvalue weighted by Crippen LogP contribution is -2.28. The van der Waals surface area contributed by atoms with E-state index in [2.05, 4.69) is 10.6 Å². The highest BCUT2D eigenvalue weighted by Crippen LogP contribution is 2.16. The number of amides is 2. The first-order valence-corrected chi connectivity index (χ1v) is 7.73. The van der Waals surface area contributed by atoms with Crippen molar-refractivity contribution in [2.45, 2.75) is 13.8 Å². The number of para-hydroxylation sites is 1. The first-order valence-electron chi connectivity index (χ1n) is 7.73. The average molecular weight is 327 g/mol. The minimum Gasteiger partial charge on any atom is -0.352 e. The van der Waals surface area contributed by atoms with E-state index in [4.69, 9.17) is 0 Å². The number of carbonyl (C=O) groups is 2. The predicted molar refractivity (Wildman–Crippen MR) is 93.2 cm³/mol. The van der Waals surface area contributed by atoms with Crippen LogP contribution in [0.2, 0.25) is 0 Å². The highest BCUT2D eigenvalue weighted by Gasteiger charge is 2.14. The van der Waals surface area contributed by atoms with Crippen molar-refractivity contribution in [2.24, 2.45) is 13.0 Å². The van der Waals surface area contributed by atoms with Crippen LogP contribution in [-0.2, 0) is 7.05 Å². The Kier molecular flexibility index (Phi) is 5.52. The van der Waals surface area contributed by atoms with Gasteiger partial charge in [0.1, 0.15) is 0 Å². The number of carbonyl (C=O) groups excluding carboxylic acids is 2. The second-order valence-corrected chi connectivity index (χ2v) is 5.97. The summed E-state index contributed by atoms with van der Waals surface area (Å²) in [4.78, 5) is 36.2. The summed E-state index contributed by atoms with van der Waals surface area (Å²) in [5, 5.41) is 5.52. The Hall–Kier alpha value is -2.89. The molecule has 0 saturated heterocycles. The minimum atomic E-state index is -0.434. The van der Waals surface area contributed by atoms with Crippen LogP contribution in [-0.4, -0.2) is 22.9 Å². The smallest absolute Gasteiger partial charge is 0.255 e. The quantitative estimate of drug-likeness (QED) is 0.882. The topological polar surface area (TPSA) is 80.2 Å². The molecule has 0 saturated carbocycles. The molecule has 2 rings (SSSR count). The average Bonchev–Trinajstić information content (AvgIpc) is 2.55. The summed E-state index contributed by atoms with van der Waals surface area (Å²) in [6, 6.07) is 9.59. The van der Waals surface area contributed by atoms with Crippen molar-refractivity contribution in [1.29, 1.82) is 0 Å². The first kappa shape index (κ1) is 17.5. The van der Waals surface area contributed by atoms with E-state index in [1.54, 1.807) is 37.4 Å². The molecule has 6 nitrogen and oxygen atoms in total. The molecule has 2 aromatic rings. The fraction of sp³-hybridized carbons (Fsp3) is 0.278. The van der Waals surface area contributed by atoms with Gasteiger partial charge in [0, 0.05) is 31.4 Å². The van der Waals surface area contributed by atoms with Crippen LogP contribution in [0.3, 0.4) is 0 Å². The van der Waals surface area contributed by atoms with Gasteiger partial charge >= 0.3 is 0 Å². The van der Waals surface area contributed by atoms with Gasteiger partial charge < -0.3 is 15.2 Å². The molecule has 0 aliphatic heterocycles. The third-order valence-corrected chi connectivity index (χ3v) is 3.46. The first-order chi connectivity index (χ1) is 11.4. The van der Waals surface area contributed by atoms with Crippen molar-refractivity contribution in [3.05, 3.63) is 64.1 Å². The number of hydrogen-bond donors (Lipinski definition) is 2. The molecule has 1 aromatic carbocycles. The maximum absolute atomic E-state index is 12.3. The third-order valence-electron chi connectivity index (χ3n) is 3.46. The van der Waals surface area contributed by atoms with Gasteiger partial charge in [0.15, 0.2) is 0 Å². The maximum Gasteiger partial charge on any atom is 0.255 e. The monoisotopic (exact) mass is 327 g/mol. The van der Waals surface area contributed by atoms with Gasteiger partial charge in [0.2, 0.25) is 0 Å². The molecular weight excluding hydrogens is 306 g/mol. The van der Waals surface area contributed by atoms with Gasteiger partial charge in [0.25, 0.3) is 17.4 Å². The number of anilines is 1. The molecule has 0 fully saturated rings. The molecule has 2 N–H and O–H groups in total. The van der Waals surface area contributed by atoms with Gasteiger partial charge in [-0.1, -0.05) is 26.0 Å². The van der Waals surface area contributed by atoms with Gasteiger partial charge in [-0.2, -0.15) is 0 Å². The lowest BCUT2D eigenvalue weighted by atomic mass is 10.1. The Morgan fingerprint density at radius 1 is 1.12 bits per heavy atom. The van der Waals surface area contributed by atoms with Crippen LogP contribution in [0.1, 0.15) is 34.6 Å². The van der Waals surface area contributed by atoms with E-state index in [9.17, 15) is 14.4 Å². The normalized spacial score (nSPS) is 10.5. The predicted octanol–water partition coefficient (Wildman–Crippen LogP) is 2.02. The molecule has 1 aromatic heterocycles. The van der Waals surface area contributed by atoms with Gasteiger partial charge in [-0.05, 0) is 24.1 Å². The number of aryl methyl sites for hydroxylation is 1. The molecule has 0 unspecified atom stereocenters. The standard InChI is InChI=1S/C18H21N3O3/c1-12(2)11-19-18(24)14-6-4-5-7-15(14)20-17(23)13-8-9-21(3)16(22)10-13/h4-10,12H,11H2,1-3H3,(H,19,24)(H,20,23). The highest BCUT2D eigenvalue weighted by molar-refractivity contribution is 6.08. The number of nitrogens with one attached hydrogen (secondary N) is 2. The summed E-state index contributed by atoms with van der Waals surface area (Å²) in [7, 11) is 1.61. The van der Waals surface area contributed by atoms with Crippen molar-refractivity contribution in [2.75, 3.05) is 11.9 Å². The number of rotatable bonds is 5. The van der Waals surface area contributed by atoms with E-state index in [-0.39, 0.29) is 17.0 Å². The molecule has 0 aliphatic carbocycles. The number of pyridine rings is 1. The van der Waals surface area contributed by atoms with Gasteiger partial charge in [-0.25, -0.2) is 0 Å². The van der Waals surface area contributed by atoms with Crippen LogP contribution >= 0.6 is 0 Å². The van der Waals surface area contributed by atoms with Crippen LogP contribution in [0, 0.1) is 5.92 Å². The van der Waals surface area contributed by atoms with Crippen molar-refractivity contribution < 1.29 is 9.59 Å². The summed E-state index contributed by atoms with van der Waals surface area (Å²) in [5.41, 5.74) is 0.765. The Morgan fingerprint density at radius 3 is 2.50 bits per heavy atom. The number of aromatic nitrogens is 1. The van der Waals surface area contributed by atoms with E-state index in [1.807, 2.05) is 13.8 Å². The molecule has 0 atom stereocenters. The molecule has 126 valence electrons. The molecule has 24 heavy (non-hydrogen) atoms. The van der Waals surface area contributed by atoms with E-state index >= 15 is 0 Å². The van der Waals surface area contributed by atoms with E-state index in [0.29, 0.717) is 23.7 Å². The van der Waals surface area contributed by atoms with Crippen molar-refractivity contribution in [3.8, 4) is 0 Å². The molecule has 2 amide bonds. The van der Waals surface area contributed by atoms with Crippen LogP contribution in [0.4, 0.5) is 5.69 Å². The summed E-state index contributed by atoms with van der Waals surface area (Å²) >= 11 is 0. The molecule has 1 heterocycles. The van der Waals surface area contributed by atoms with E-state index in [0.717, 1.165) is 0 Å². The molecular formula is C18H21N3O3. The van der Waals surface area contributed by atoms with Crippen LogP contribution in [0.25, 0.3) is 0 Å². The zero-order valence-corrected chi connectivity index (χ0v) is 14.0. The molecule has 6 heteroatoms. The zero-order chi connectivity index (χ0) is 17.7. The second-order valence-electron chi connectivity index (χ2n) is 5.97. The number of benzene rings is 1. The Morgan fingerprint density at radius 2 is 1.83 bits per heavy atom. The Bertz CT molecular complexity index is 809. The third kappa shape index (κ3) is 4.32. The zero-order valence-electron chi connectivity index (χ0n) is 14.0. The fourth-order valence-corrected chi connectivity index (χ4v) is 2.07. The number of nitrogens with zero attached hydrogens (tertiary/aromatic N) is 1. The molecule has 0 aliphatic rings. The second kappa shape index (κ2) is 7.59. The van der Waals surface area contributed by atoms with Crippen molar-refractivity contribution in [3.63, 3.8) is 0 Å². The van der Waals surface area contributed by atoms with Crippen molar-refractivity contribution in [1.82, 2.24) is 9.88 Å². The summed E-state index contributed by atoms with van der Waals surface area (Å²) in [6.07, 6.45) is 1.53. The van der Waals surface area contributed by atoms with E-state index in [1.165, 1.54) is 16.8 Å².